The zero-order valence-corrected chi connectivity index (χ0v) is 12.2. The van der Waals surface area contributed by atoms with E-state index in [0.29, 0.717) is 5.56 Å². The highest BCUT2D eigenvalue weighted by molar-refractivity contribution is 7.16. The van der Waals surface area contributed by atoms with Gasteiger partial charge in [0.15, 0.2) is 11.6 Å². The number of benzene rings is 1. The van der Waals surface area contributed by atoms with Gasteiger partial charge in [-0.2, -0.15) is 0 Å². The van der Waals surface area contributed by atoms with Gasteiger partial charge in [-0.15, -0.1) is 11.3 Å². The second kappa shape index (κ2) is 5.99. The highest BCUT2D eigenvalue weighted by Crippen LogP contribution is 2.34. The standard InChI is InChI=1S/C14H14ClF2NS/c1-3-18-13(12-6-8(2)14(15)19-12)9-4-5-10(16)11(17)7-9/h4-7,13,18H,3H2,1-2H3. The summed E-state index contributed by atoms with van der Waals surface area (Å²) in [6, 6.07) is 5.77. The summed E-state index contributed by atoms with van der Waals surface area (Å²) in [5.41, 5.74) is 1.69. The molecule has 0 aliphatic heterocycles. The Morgan fingerprint density at radius 3 is 2.53 bits per heavy atom. The quantitative estimate of drug-likeness (QED) is 0.864. The van der Waals surface area contributed by atoms with Gasteiger partial charge in [0.2, 0.25) is 0 Å². The molecule has 0 amide bonds. The van der Waals surface area contributed by atoms with Gasteiger partial charge in [-0.05, 0) is 42.8 Å². The van der Waals surface area contributed by atoms with Gasteiger partial charge >= 0.3 is 0 Å². The molecule has 1 unspecified atom stereocenters. The maximum absolute atomic E-state index is 13.4. The zero-order valence-electron chi connectivity index (χ0n) is 10.6. The van der Waals surface area contributed by atoms with Crippen LogP contribution in [-0.2, 0) is 0 Å². The molecule has 1 atom stereocenters. The average molecular weight is 302 g/mol. The van der Waals surface area contributed by atoms with Crippen molar-refractivity contribution in [1.82, 2.24) is 5.32 Å². The Bertz CT molecular complexity index is 563. The molecule has 1 N–H and O–H groups in total. The van der Waals surface area contributed by atoms with Gasteiger partial charge in [-0.25, -0.2) is 8.78 Å². The van der Waals surface area contributed by atoms with Gasteiger partial charge in [-0.3, -0.25) is 0 Å². The monoisotopic (exact) mass is 301 g/mol. The number of halogens is 3. The maximum Gasteiger partial charge on any atom is 0.159 e. The summed E-state index contributed by atoms with van der Waals surface area (Å²) in [5.74, 6) is -1.67. The Balaban J connectivity index is 2.41. The van der Waals surface area contributed by atoms with Crippen molar-refractivity contribution in [3.8, 4) is 0 Å². The van der Waals surface area contributed by atoms with Gasteiger partial charge < -0.3 is 5.32 Å². The molecule has 1 heterocycles. The molecule has 0 bridgehead atoms. The van der Waals surface area contributed by atoms with E-state index < -0.39 is 11.6 Å². The van der Waals surface area contributed by atoms with Gasteiger partial charge in [0.1, 0.15) is 0 Å². The second-order valence-electron chi connectivity index (χ2n) is 4.27. The van der Waals surface area contributed by atoms with E-state index in [0.717, 1.165) is 27.4 Å². The highest BCUT2D eigenvalue weighted by Gasteiger charge is 2.18. The lowest BCUT2D eigenvalue weighted by molar-refractivity contribution is 0.504. The summed E-state index contributed by atoms with van der Waals surface area (Å²) in [6.07, 6.45) is 0. The number of hydrogen-bond acceptors (Lipinski definition) is 2. The zero-order chi connectivity index (χ0) is 14.0. The molecule has 0 aliphatic carbocycles. The van der Waals surface area contributed by atoms with Crippen molar-refractivity contribution in [1.29, 1.82) is 0 Å². The normalized spacial score (nSPS) is 12.7. The first-order valence-electron chi connectivity index (χ1n) is 5.97. The summed E-state index contributed by atoms with van der Waals surface area (Å²) in [5, 5.41) is 3.27. The van der Waals surface area contributed by atoms with Crippen LogP contribution in [0.3, 0.4) is 0 Å². The van der Waals surface area contributed by atoms with E-state index in [1.165, 1.54) is 17.4 Å². The van der Waals surface area contributed by atoms with Gasteiger partial charge in [0, 0.05) is 4.88 Å². The molecule has 0 fully saturated rings. The lowest BCUT2D eigenvalue weighted by Crippen LogP contribution is -2.21. The first-order valence-corrected chi connectivity index (χ1v) is 7.16. The van der Waals surface area contributed by atoms with E-state index in [1.54, 1.807) is 6.07 Å². The minimum absolute atomic E-state index is 0.170. The van der Waals surface area contributed by atoms with Crippen LogP contribution in [0.4, 0.5) is 8.78 Å². The molecule has 0 radical (unpaired) electrons. The Kier molecular flexibility index (Phi) is 4.55. The first-order chi connectivity index (χ1) is 9.02. The number of hydrogen-bond donors (Lipinski definition) is 1. The average Bonchev–Trinajstić information content (AvgIpc) is 2.70. The molecule has 2 aromatic rings. The minimum atomic E-state index is -0.834. The molecule has 1 aromatic heterocycles. The smallest absolute Gasteiger partial charge is 0.159 e. The Morgan fingerprint density at radius 2 is 2.00 bits per heavy atom. The second-order valence-corrected chi connectivity index (χ2v) is 5.96. The summed E-state index contributed by atoms with van der Waals surface area (Å²) < 4.78 is 27.1. The molecule has 1 aromatic carbocycles. The van der Waals surface area contributed by atoms with Crippen LogP contribution < -0.4 is 5.32 Å². The van der Waals surface area contributed by atoms with Crippen LogP contribution in [0.1, 0.15) is 29.0 Å². The van der Waals surface area contributed by atoms with Crippen molar-refractivity contribution < 1.29 is 8.78 Å². The van der Waals surface area contributed by atoms with Crippen LogP contribution in [-0.4, -0.2) is 6.54 Å². The molecular weight excluding hydrogens is 288 g/mol. The number of nitrogens with one attached hydrogen (secondary N) is 1. The molecule has 1 nitrogen and oxygen atoms in total. The van der Waals surface area contributed by atoms with Crippen LogP contribution in [0.25, 0.3) is 0 Å². The fraction of sp³-hybridized carbons (Fsp3) is 0.286. The van der Waals surface area contributed by atoms with Gasteiger partial charge in [0.25, 0.3) is 0 Å². The fourth-order valence-electron chi connectivity index (χ4n) is 1.90. The predicted octanol–water partition coefficient (Wildman–Crippen LogP) is 4.69. The van der Waals surface area contributed by atoms with Gasteiger partial charge in [0.05, 0.1) is 10.4 Å². The van der Waals surface area contributed by atoms with Crippen molar-refractivity contribution in [2.45, 2.75) is 19.9 Å². The van der Waals surface area contributed by atoms with Crippen LogP contribution in [0.15, 0.2) is 24.3 Å². The molecular formula is C14H14ClF2NS. The topological polar surface area (TPSA) is 12.0 Å². The maximum atomic E-state index is 13.4. The van der Waals surface area contributed by atoms with E-state index in [2.05, 4.69) is 5.32 Å². The third kappa shape index (κ3) is 3.14. The lowest BCUT2D eigenvalue weighted by Gasteiger charge is -2.17. The Labute approximate surface area is 120 Å². The van der Waals surface area contributed by atoms with E-state index in [4.69, 9.17) is 11.6 Å². The highest BCUT2D eigenvalue weighted by atomic mass is 35.5. The van der Waals surface area contributed by atoms with Crippen molar-refractivity contribution in [2.75, 3.05) is 6.54 Å². The van der Waals surface area contributed by atoms with E-state index in [9.17, 15) is 8.78 Å². The fourth-order valence-corrected chi connectivity index (χ4v) is 3.23. The summed E-state index contributed by atoms with van der Waals surface area (Å²) in [4.78, 5) is 0.996. The van der Waals surface area contributed by atoms with Crippen LogP contribution in [0.2, 0.25) is 4.34 Å². The lowest BCUT2D eigenvalue weighted by atomic mass is 10.0. The number of aryl methyl sites for hydroxylation is 1. The summed E-state index contributed by atoms with van der Waals surface area (Å²) in [7, 11) is 0. The Hall–Kier alpha value is -0.970. The summed E-state index contributed by atoms with van der Waals surface area (Å²) in [6.45, 7) is 4.61. The van der Waals surface area contributed by atoms with E-state index in [-0.39, 0.29) is 6.04 Å². The SMILES string of the molecule is CCNC(c1ccc(F)c(F)c1)c1cc(C)c(Cl)s1. The first kappa shape index (κ1) is 14.4. The molecule has 0 aliphatic rings. The molecule has 2 rings (SSSR count). The number of thiophene rings is 1. The molecule has 0 saturated carbocycles. The largest absolute Gasteiger partial charge is 0.306 e. The molecule has 102 valence electrons. The van der Waals surface area contributed by atoms with Crippen LogP contribution in [0, 0.1) is 18.6 Å². The molecule has 5 heteroatoms. The minimum Gasteiger partial charge on any atom is -0.306 e. The van der Waals surface area contributed by atoms with Crippen LogP contribution in [0.5, 0.6) is 0 Å². The van der Waals surface area contributed by atoms with Crippen LogP contribution >= 0.6 is 22.9 Å². The van der Waals surface area contributed by atoms with Crippen molar-refractivity contribution in [2.24, 2.45) is 0 Å². The third-order valence-electron chi connectivity index (χ3n) is 2.85. The van der Waals surface area contributed by atoms with E-state index >= 15 is 0 Å². The molecule has 19 heavy (non-hydrogen) atoms. The number of rotatable bonds is 4. The Morgan fingerprint density at radius 1 is 1.26 bits per heavy atom. The van der Waals surface area contributed by atoms with Gasteiger partial charge in [-0.1, -0.05) is 24.6 Å². The molecule has 0 spiro atoms. The predicted molar refractivity (Wildman–Crippen MR) is 75.9 cm³/mol. The van der Waals surface area contributed by atoms with E-state index in [1.807, 2.05) is 19.9 Å². The molecule has 0 saturated heterocycles. The van der Waals surface area contributed by atoms with Crippen molar-refractivity contribution in [3.05, 3.63) is 56.2 Å². The summed E-state index contributed by atoms with van der Waals surface area (Å²) >= 11 is 7.53. The third-order valence-corrected chi connectivity index (χ3v) is 4.47. The van der Waals surface area contributed by atoms with Crippen molar-refractivity contribution >= 4 is 22.9 Å². The van der Waals surface area contributed by atoms with Crippen molar-refractivity contribution in [3.63, 3.8) is 0 Å².